The molecule has 0 aliphatic heterocycles. The molecule has 26 heavy (non-hydrogen) atoms. The normalized spacial score (nSPS) is 12.3. The number of amides is 1. The third-order valence-electron chi connectivity index (χ3n) is 2.96. The largest absolute Gasteiger partial charge is 0.480 e. The second kappa shape index (κ2) is 9.37. The van der Waals surface area contributed by atoms with Crippen LogP contribution >= 0.6 is 11.8 Å². The number of nitrogens with one attached hydrogen (secondary N) is 1. The zero-order chi connectivity index (χ0) is 19.9. The van der Waals surface area contributed by atoms with Gasteiger partial charge in [0.2, 0.25) is 0 Å². The zero-order valence-corrected chi connectivity index (χ0v) is 15.5. The fourth-order valence-corrected chi connectivity index (χ4v) is 2.87. The molecule has 0 heterocycles. The maximum absolute atomic E-state index is 13.4. The van der Waals surface area contributed by atoms with E-state index < -0.39 is 34.4 Å². The number of carbonyl (C=O) groups excluding carboxylic acids is 1. The van der Waals surface area contributed by atoms with Crippen LogP contribution in [0, 0.1) is 15.9 Å². The molecule has 144 valence electrons. The number of carboxylic acid groups (broad SMARTS) is 1. The number of thioether (sulfide) groups is 1. The van der Waals surface area contributed by atoms with Gasteiger partial charge in [-0.25, -0.2) is 14.0 Å². The first-order valence-corrected chi connectivity index (χ1v) is 8.87. The second-order valence-corrected chi connectivity index (χ2v) is 7.56. The van der Waals surface area contributed by atoms with Crippen LogP contribution in [0.4, 0.5) is 14.9 Å². The number of alkyl carbamates (subject to hydrolysis) is 1. The van der Waals surface area contributed by atoms with Crippen LogP contribution in [0.5, 0.6) is 0 Å². The molecular weight excluding hydrogens is 367 g/mol. The standard InChI is InChI=1S/C16H21FN2O6S/c1-16(2,3)25-15(22)18-13(14(20)21)4-5-26-9-10-6-11(17)8-12(7-10)19(23)24/h6-8,13H,4-5,9H2,1-3H3,(H,18,22)(H,20,21). The highest BCUT2D eigenvalue weighted by atomic mass is 32.2. The molecule has 1 amide bonds. The summed E-state index contributed by atoms with van der Waals surface area (Å²) in [6.45, 7) is 4.99. The van der Waals surface area contributed by atoms with Gasteiger partial charge in [-0.05, 0) is 44.6 Å². The van der Waals surface area contributed by atoms with Crippen LogP contribution in [-0.2, 0) is 15.3 Å². The van der Waals surface area contributed by atoms with E-state index in [0.717, 1.165) is 6.07 Å². The van der Waals surface area contributed by atoms with Gasteiger partial charge in [0.25, 0.3) is 5.69 Å². The molecule has 1 unspecified atom stereocenters. The van der Waals surface area contributed by atoms with E-state index in [2.05, 4.69) is 5.32 Å². The Hall–Kier alpha value is -2.36. The van der Waals surface area contributed by atoms with Crippen LogP contribution in [0.2, 0.25) is 0 Å². The molecule has 10 heteroatoms. The summed E-state index contributed by atoms with van der Waals surface area (Å²) in [5.41, 5.74) is -0.655. The van der Waals surface area contributed by atoms with Gasteiger partial charge in [-0.1, -0.05) is 0 Å². The Morgan fingerprint density at radius 2 is 2.04 bits per heavy atom. The Morgan fingerprint density at radius 3 is 2.58 bits per heavy atom. The number of nitrogens with zero attached hydrogens (tertiary/aromatic N) is 1. The highest BCUT2D eigenvalue weighted by Gasteiger charge is 2.23. The Labute approximate surface area is 154 Å². The zero-order valence-electron chi connectivity index (χ0n) is 14.7. The summed E-state index contributed by atoms with van der Waals surface area (Å²) in [7, 11) is 0. The second-order valence-electron chi connectivity index (χ2n) is 6.45. The summed E-state index contributed by atoms with van der Waals surface area (Å²) in [4.78, 5) is 32.9. The van der Waals surface area contributed by atoms with Gasteiger partial charge in [-0.2, -0.15) is 11.8 Å². The number of hydrogen-bond acceptors (Lipinski definition) is 6. The third kappa shape index (κ3) is 8.15. The molecule has 2 N–H and O–H groups in total. The summed E-state index contributed by atoms with van der Waals surface area (Å²) in [5, 5.41) is 22.2. The lowest BCUT2D eigenvalue weighted by atomic mass is 10.2. The SMILES string of the molecule is CC(C)(C)OC(=O)NC(CCSCc1cc(F)cc([N+](=O)[O-])c1)C(=O)O. The van der Waals surface area contributed by atoms with Crippen LogP contribution in [0.3, 0.4) is 0 Å². The molecule has 0 fully saturated rings. The minimum absolute atomic E-state index is 0.122. The molecule has 1 rings (SSSR count). The van der Waals surface area contributed by atoms with Gasteiger partial charge >= 0.3 is 12.1 Å². The van der Waals surface area contributed by atoms with Crippen molar-refractivity contribution >= 4 is 29.5 Å². The molecular formula is C16H21FN2O6S. The van der Waals surface area contributed by atoms with E-state index in [4.69, 9.17) is 9.84 Å². The number of nitro benzene ring substituents is 1. The number of non-ortho nitro benzene ring substituents is 1. The van der Waals surface area contributed by atoms with Gasteiger partial charge < -0.3 is 15.2 Å². The molecule has 0 bridgehead atoms. The number of halogens is 1. The first kappa shape index (κ1) is 21.7. The van der Waals surface area contributed by atoms with Gasteiger partial charge in [0.05, 0.1) is 11.0 Å². The predicted octanol–water partition coefficient (Wildman–Crippen LogP) is 3.34. The molecule has 0 saturated carbocycles. The fraction of sp³-hybridized carbons (Fsp3) is 0.500. The molecule has 0 aromatic heterocycles. The van der Waals surface area contributed by atoms with Gasteiger partial charge in [-0.15, -0.1) is 0 Å². The Bertz CT molecular complexity index is 677. The first-order chi connectivity index (χ1) is 12.0. The smallest absolute Gasteiger partial charge is 0.408 e. The van der Waals surface area contributed by atoms with Crippen LogP contribution in [0.25, 0.3) is 0 Å². The number of benzene rings is 1. The van der Waals surface area contributed by atoms with Crippen molar-refractivity contribution in [2.75, 3.05) is 5.75 Å². The average Bonchev–Trinajstić information content (AvgIpc) is 2.47. The predicted molar refractivity (Wildman–Crippen MR) is 94.6 cm³/mol. The highest BCUT2D eigenvalue weighted by Crippen LogP contribution is 2.21. The Morgan fingerprint density at radius 1 is 1.38 bits per heavy atom. The van der Waals surface area contributed by atoms with E-state index in [1.807, 2.05) is 0 Å². The summed E-state index contributed by atoms with van der Waals surface area (Å²) in [6, 6.07) is 2.16. The molecule has 0 radical (unpaired) electrons. The van der Waals surface area contributed by atoms with E-state index >= 15 is 0 Å². The van der Waals surface area contributed by atoms with Gasteiger partial charge in [-0.3, -0.25) is 10.1 Å². The summed E-state index contributed by atoms with van der Waals surface area (Å²) < 4.78 is 18.4. The van der Waals surface area contributed by atoms with Crippen molar-refractivity contribution in [3.8, 4) is 0 Å². The van der Waals surface area contributed by atoms with Crippen molar-refractivity contribution in [1.29, 1.82) is 0 Å². The number of aliphatic carboxylic acids is 1. The molecule has 1 aromatic rings. The number of carboxylic acids is 1. The molecule has 1 aromatic carbocycles. The monoisotopic (exact) mass is 388 g/mol. The number of carbonyl (C=O) groups is 2. The molecule has 0 spiro atoms. The van der Waals surface area contributed by atoms with Crippen molar-refractivity contribution in [2.24, 2.45) is 0 Å². The van der Waals surface area contributed by atoms with Crippen molar-refractivity contribution < 1.29 is 28.7 Å². The maximum Gasteiger partial charge on any atom is 0.408 e. The molecule has 8 nitrogen and oxygen atoms in total. The lowest BCUT2D eigenvalue weighted by Gasteiger charge is -2.21. The number of ether oxygens (including phenoxy) is 1. The van der Waals surface area contributed by atoms with Crippen LogP contribution in [-0.4, -0.2) is 39.5 Å². The lowest BCUT2D eigenvalue weighted by molar-refractivity contribution is -0.385. The van der Waals surface area contributed by atoms with Gasteiger partial charge in [0, 0.05) is 11.8 Å². The maximum atomic E-state index is 13.4. The van der Waals surface area contributed by atoms with Gasteiger partial charge in [0.1, 0.15) is 17.5 Å². The topological polar surface area (TPSA) is 119 Å². The van der Waals surface area contributed by atoms with Crippen LogP contribution in [0.15, 0.2) is 18.2 Å². The number of rotatable bonds is 8. The van der Waals surface area contributed by atoms with E-state index in [1.54, 1.807) is 20.8 Å². The van der Waals surface area contributed by atoms with E-state index in [9.17, 15) is 24.1 Å². The van der Waals surface area contributed by atoms with Crippen molar-refractivity contribution in [2.45, 2.75) is 44.6 Å². The number of nitro groups is 1. The highest BCUT2D eigenvalue weighted by molar-refractivity contribution is 7.98. The van der Waals surface area contributed by atoms with Crippen LogP contribution in [0.1, 0.15) is 32.8 Å². The Balaban J connectivity index is 2.52. The average molecular weight is 388 g/mol. The summed E-state index contributed by atoms with van der Waals surface area (Å²) >= 11 is 1.28. The third-order valence-corrected chi connectivity index (χ3v) is 4.02. The quantitative estimate of drug-likeness (QED) is 0.398. The van der Waals surface area contributed by atoms with Crippen molar-refractivity contribution in [3.05, 3.63) is 39.7 Å². The lowest BCUT2D eigenvalue weighted by Crippen LogP contribution is -2.43. The summed E-state index contributed by atoms with van der Waals surface area (Å²) in [5.74, 6) is -1.28. The van der Waals surface area contributed by atoms with E-state index in [1.165, 1.54) is 23.9 Å². The first-order valence-electron chi connectivity index (χ1n) is 7.72. The van der Waals surface area contributed by atoms with Crippen molar-refractivity contribution in [1.82, 2.24) is 5.32 Å². The summed E-state index contributed by atoms with van der Waals surface area (Å²) in [6.07, 6.45) is -0.702. The minimum atomic E-state index is -1.20. The number of hydrogen-bond donors (Lipinski definition) is 2. The molecule has 1 atom stereocenters. The van der Waals surface area contributed by atoms with E-state index in [0.29, 0.717) is 11.3 Å². The van der Waals surface area contributed by atoms with E-state index in [-0.39, 0.29) is 17.9 Å². The minimum Gasteiger partial charge on any atom is -0.480 e. The Kier molecular flexibility index (Phi) is 7.81. The molecule has 0 aliphatic carbocycles. The molecule has 0 saturated heterocycles. The molecule has 0 aliphatic rings. The van der Waals surface area contributed by atoms with Gasteiger partial charge in [0.15, 0.2) is 0 Å². The van der Waals surface area contributed by atoms with Crippen molar-refractivity contribution in [3.63, 3.8) is 0 Å². The van der Waals surface area contributed by atoms with Crippen LogP contribution < -0.4 is 5.32 Å². The fourth-order valence-electron chi connectivity index (χ4n) is 1.92.